The van der Waals surface area contributed by atoms with Gasteiger partial charge in [-0.3, -0.25) is 0 Å². The highest BCUT2D eigenvalue weighted by Gasteiger charge is 2.09. The van der Waals surface area contributed by atoms with Crippen LogP contribution in [0.2, 0.25) is 0 Å². The molecule has 0 saturated carbocycles. The molecule has 3 aromatic rings. The molecule has 4 heteroatoms. The third kappa shape index (κ3) is 2.33. The summed E-state index contributed by atoms with van der Waals surface area (Å²) in [7, 11) is 0. The lowest BCUT2D eigenvalue weighted by Crippen LogP contribution is -1.96. The molecule has 0 aliphatic heterocycles. The molecule has 0 fully saturated rings. The molecule has 2 aromatic carbocycles. The third-order valence-corrected chi connectivity index (χ3v) is 3.02. The van der Waals surface area contributed by atoms with Crippen molar-refractivity contribution in [2.75, 3.05) is 0 Å². The number of aromatic nitrogens is 1. The first-order chi connectivity index (χ1) is 9.78. The first kappa shape index (κ1) is 12.6. The van der Waals surface area contributed by atoms with Gasteiger partial charge in [0.15, 0.2) is 0 Å². The van der Waals surface area contributed by atoms with Gasteiger partial charge >= 0.3 is 0 Å². The molecular weight excluding hydrogens is 257 g/mol. The van der Waals surface area contributed by atoms with Gasteiger partial charge in [-0.1, -0.05) is 36.4 Å². The number of ether oxygens (including phenoxy) is 1. The van der Waals surface area contributed by atoms with Crippen LogP contribution in [0.1, 0.15) is 5.56 Å². The van der Waals surface area contributed by atoms with E-state index in [9.17, 15) is 9.50 Å². The Kier molecular flexibility index (Phi) is 3.31. The minimum Gasteiger partial charge on any atom is -0.438 e. The fourth-order valence-electron chi connectivity index (χ4n) is 2.06. The molecule has 0 aliphatic carbocycles. The molecule has 0 amide bonds. The summed E-state index contributed by atoms with van der Waals surface area (Å²) in [6.45, 7) is -0.329. The Hall–Kier alpha value is -2.46. The first-order valence-corrected chi connectivity index (χ1v) is 6.19. The van der Waals surface area contributed by atoms with Crippen LogP contribution in [0.25, 0.3) is 10.8 Å². The highest BCUT2D eigenvalue weighted by molar-refractivity contribution is 5.88. The van der Waals surface area contributed by atoms with Gasteiger partial charge in [-0.15, -0.1) is 0 Å². The largest absolute Gasteiger partial charge is 0.438 e. The fourth-order valence-corrected chi connectivity index (χ4v) is 2.06. The second kappa shape index (κ2) is 5.27. The summed E-state index contributed by atoms with van der Waals surface area (Å²) in [5.41, 5.74) is 0.318. The van der Waals surface area contributed by atoms with E-state index in [2.05, 4.69) is 4.98 Å². The lowest BCUT2D eigenvalue weighted by molar-refractivity contribution is 0.274. The van der Waals surface area contributed by atoms with E-state index in [-0.39, 0.29) is 12.5 Å². The van der Waals surface area contributed by atoms with E-state index in [1.165, 1.54) is 6.07 Å². The van der Waals surface area contributed by atoms with Crippen molar-refractivity contribution in [2.45, 2.75) is 6.61 Å². The predicted molar refractivity (Wildman–Crippen MR) is 74.1 cm³/mol. The molecule has 0 bridgehead atoms. The van der Waals surface area contributed by atoms with Crippen molar-refractivity contribution in [3.05, 3.63) is 66.1 Å². The number of hydrogen-bond donors (Lipinski definition) is 1. The maximum absolute atomic E-state index is 13.1. The molecule has 3 rings (SSSR count). The molecule has 0 radical (unpaired) electrons. The van der Waals surface area contributed by atoms with Crippen LogP contribution in [-0.4, -0.2) is 10.1 Å². The molecular formula is C16H12FNO2. The lowest BCUT2D eigenvalue weighted by Gasteiger charge is -2.10. The van der Waals surface area contributed by atoms with Gasteiger partial charge in [0.25, 0.3) is 0 Å². The van der Waals surface area contributed by atoms with Crippen LogP contribution < -0.4 is 4.74 Å². The average molecular weight is 269 g/mol. The van der Waals surface area contributed by atoms with Crippen molar-refractivity contribution >= 4 is 10.8 Å². The van der Waals surface area contributed by atoms with Gasteiger partial charge in [-0.2, -0.15) is 0 Å². The number of benzene rings is 2. The summed E-state index contributed by atoms with van der Waals surface area (Å²) in [5, 5.41) is 11.2. The Morgan fingerprint density at radius 1 is 1.10 bits per heavy atom. The maximum atomic E-state index is 13.1. The maximum Gasteiger partial charge on any atom is 0.224 e. The molecule has 1 heterocycles. The average Bonchev–Trinajstić information content (AvgIpc) is 2.49. The molecule has 0 spiro atoms. The minimum atomic E-state index is -0.501. The monoisotopic (exact) mass is 269 g/mol. The molecule has 0 saturated heterocycles. The topological polar surface area (TPSA) is 42.4 Å². The van der Waals surface area contributed by atoms with Crippen molar-refractivity contribution in [1.82, 2.24) is 4.98 Å². The summed E-state index contributed by atoms with van der Waals surface area (Å²) in [6, 6.07) is 14.7. The second-order valence-corrected chi connectivity index (χ2v) is 4.36. The Morgan fingerprint density at radius 2 is 1.90 bits per heavy atom. The zero-order valence-corrected chi connectivity index (χ0v) is 10.6. The Morgan fingerprint density at radius 3 is 2.75 bits per heavy atom. The number of aliphatic hydroxyl groups excluding tert-OH is 1. The zero-order valence-electron chi connectivity index (χ0n) is 10.6. The Bertz CT molecular complexity index is 753. The van der Waals surface area contributed by atoms with Crippen molar-refractivity contribution in [3.63, 3.8) is 0 Å². The standard InChI is InChI=1S/C16H12FNO2/c17-13-8-12(10-19)16(18-9-13)20-15-7-3-5-11-4-1-2-6-14(11)15/h1-9,19H,10H2. The van der Waals surface area contributed by atoms with Crippen LogP contribution in [0, 0.1) is 5.82 Å². The van der Waals surface area contributed by atoms with Gasteiger partial charge in [0, 0.05) is 10.9 Å². The molecule has 1 N–H and O–H groups in total. The fraction of sp³-hybridized carbons (Fsp3) is 0.0625. The van der Waals surface area contributed by atoms with E-state index in [0.29, 0.717) is 11.3 Å². The minimum absolute atomic E-state index is 0.213. The molecule has 0 atom stereocenters. The van der Waals surface area contributed by atoms with Gasteiger partial charge in [0.05, 0.1) is 12.8 Å². The predicted octanol–water partition coefficient (Wildman–Crippen LogP) is 3.66. The highest BCUT2D eigenvalue weighted by Crippen LogP contribution is 2.30. The number of nitrogens with zero attached hydrogens (tertiary/aromatic N) is 1. The number of fused-ring (bicyclic) bond motifs is 1. The van der Waals surface area contributed by atoms with E-state index in [0.717, 1.165) is 17.0 Å². The van der Waals surface area contributed by atoms with Crippen molar-refractivity contribution in [3.8, 4) is 11.6 Å². The second-order valence-electron chi connectivity index (χ2n) is 4.36. The van der Waals surface area contributed by atoms with Gasteiger partial charge in [-0.25, -0.2) is 9.37 Å². The van der Waals surface area contributed by atoms with Gasteiger partial charge < -0.3 is 9.84 Å². The highest BCUT2D eigenvalue weighted by atomic mass is 19.1. The van der Waals surface area contributed by atoms with Crippen LogP contribution in [0.4, 0.5) is 4.39 Å². The van der Waals surface area contributed by atoms with E-state index >= 15 is 0 Å². The van der Waals surface area contributed by atoms with Crippen LogP contribution >= 0.6 is 0 Å². The van der Waals surface area contributed by atoms with Crippen LogP contribution in [0.5, 0.6) is 11.6 Å². The molecule has 3 nitrogen and oxygen atoms in total. The summed E-state index contributed by atoms with van der Waals surface area (Å²) in [6.07, 6.45) is 1.07. The summed E-state index contributed by atoms with van der Waals surface area (Å²) in [5.74, 6) is 0.335. The summed E-state index contributed by atoms with van der Waals surface area (Å²) in [4.78, 5) is 3.89. The SMILES string of the molecule is OCc1cc(F)cnc1Oc1cccc2ccccc12. The van der Waals surface area contributed by atoms with E-state index in [4.69, 9.17) is 4.74 Å². The van der Waals surface area contributed by atoms with Crippen LogP contribution in [-0.2, 0) is 6.61 Å². The zero-order chi connectivity index (χ0) is 13.9. The summed E-state index contributed by atoms with van der Waals surface area (Å²) >= 11 is 0. The number of halogens is 1. The quantitative estimate of drug-likeness (QED) is 0.789. The smallest absolute Gasteiger partial charge is 0.224 e. The summed E-state index contributed by atoms with van der Waals surface area (Å²) < 4.78 is 18.8. The van der Waals surface area contributed by atoms with Gasteiger partial charge in [0.1, 0.15) is 11.6 Å². The lowest BCUT2D eigenvalue weighted by atomic mass is 10.1. The number of pyridine rings is 1. The molecule has 100 valence electrons. The third-order valence-electron chi connectivity index (χ3n) is 3.02. The van der Waals surface area contributed by atoms with E-state index in [1.807, 2.05) is 42.5 Å². The Balaban J connectivity index is 2.05. The number of hydrogen-bond acceptors (Lipinski definition) is 3. The van der Waals surface area contributed by atoms with E-state index < -0.39 is 5.82 Å². The van der Waals surface area contributed by atoms with E-state index in [1.54, 1.807) is 0 Å². The molecule has 0 aliphatic rings. The molecule has 0 unspecified atom stereocenters. The molecule has 1 aromatic heterocycles. The first-order valence-electron chi connectivity index (χ1n) is 6.19. The van der Waals surface area contributed by atoms with Crippen molar-refractivity contribution < 1.29 is 14.2 Å². The van der Waals surface area contributed by atoms with Gasteiger partial charge in [-0.05, 0) is 17.5 Å². The van der Waals surface area contributed by atoms with Gasteiger partial charge in [0.2, 0.25) is 5.88 Å². The Labute approximate surface area is 115 Å². The number of rotatable bonds is 3. The van der Waals surface area contributed by atoms with Crippen LogP contribution in [0.3, 0.4) is 0 Å². The normalized spacial score (nSPS) is 10.7. The van der Waals surface area contributed by atoms with Crippen molar-refractivity contribution in [1.29, 1.82) is 0 Å². The number of aliphatic hydroxyl groups is 1. The van der Waals surface area contributed by atoms with Crippen molar-refractivity contribution in [2.24, 2.45) is 0 Å². The van der Waals surface area contributed by atoms with Crippen LogP contribution in [0.15, 0.2) is 54.7 Å². The molecule has 20 heavy (non-hydrogen) atoms.